The summed E-state index contributed by atoms with van der Waals surface area (Å²) in [7, 11) is -3.37. The van der Waals surface area contributed by atoms with E-state index in [0.29, 0.717) is 6.54 Å². The van der Waals surface area contributed by atoms with Crippen molar-refractivity contribution in [3.63, 3.8) is 0 Å². The van der Waals surface area contributed by atoms with Crippen LogP contribution >= 0.6 is 0 Å². The lowest BCUT2D eigenvalue weighted by Gasteiger charge is -2.31. The van der Waals surface area contributed by atoms with Gasteiger partial charge in [-0.1, -0.05) is 5.16 Å². The number of nitrogens with zero attached hydrogens (tertiary/aromatic N) is 2. The molecule has 1 heterocycles. The molecule has 2 aliphatic rings. The van der Waals surface area contributed by atoms with Crippen molar-refractivity contribution in [2.75, 3.05) is 19.6 Å². The van der Waals surface area contributed by atoms with Gasteiger partial charge >= 0.3 is 0 Å². The third-order valence-corrected chi connectivity index (χ3v) is 4.61. The first-order valence-electron chi connectivity index (χ1n) is 6.47. The third-order valence-electron chi connectivity index (χ3n) is 3.32. The molecule has 0 atom stereocenters. The Morgan fingerprint density at radius 3 is 2.21 bits per heavy atom. The predicted octanol–water partition coefficient (Wildman–Crippen LogP) is -1.22. The number of nitrogens with two attached hydrogens (primary N) is 1. The van der Waals surface area contributed by atoms with Crippen molar-refractivity contribution in [3.8, 4) is 0 Å². The number of hydrogen-bond donors (Lipinski definition) is 4. The summed E-state index contributed by atoms with van der Waals surface area (Å²) < 4.78 is 28.8. The first-order chi connectivity index (χ1) is 8.98. The smallest absolute Gasteiger partial charge is 0.277 e. The minimum atomic E-state index is -3.37. The molecule has 1 aliphatic heterocycles. The Kier molecular flexibility index (Phi) is 4.61. The summed E-state index contributed by atoms with van der Waals surface area (Å²) in [5, 5.41) is 11.4. The summed E-state index contributed by atoms with van der Waals surface area (Å²) in [6, 6.07) is 0.0814. The lowest BCUT2D eigenvalue weighted by atomic mass is 10.1. The number of likely N-dealkylation sites (tertiary alicyclic amines) is 1. The van der Waals surface area contributed by atoms with Crippen LogP contribution in [0.15, 0.2) is 5.16 Å². The highest BCUT2D eigenvalue weighted by Gasteiger charge is 2.29. The van der Waals surface area contributed by atoms with Crippen molar-refractivity contribution >= 4 is 16.0 Å². The maximum atomic E-state index is 11.7. The van der Waals surface area contributed by atoms with Crippen molar-refractivity contribution in [1.82, 2.24) is 14.3 Å². The average molecular weight is 291 g/mol. The van der Waals surface area contributed by atoms with E-state index < -0.39 is 10.2 Å². The second kappa shape index (κ2) is 6.04. The Morgan fingerprint density at radius 2 is 1.74 bits per heavy atom. The molecule has 1 saturated carbocycles. The van der Waals surface area contributed by atoms with E-state index in [0.717, 1.165) is 38.8 Å². The van der Waals surface area contributed by atoms with Crippen LogP contribution < -0.4 is 15.2 Å². The first-order valence-corrected chi connectivity index (χ1v) is 7.95. The van der Waals surface area contributed by atoms with E-state index in [2.05, 4.69) is 14.6 Å². The zero-order chi connectivity index (χ0) is 13.9. The van der Waals surface area contributed by atoms with Gasteiger partial charge in [-0.3, -0.25) is 4.90 Å². The zero-order valence-corrected chi connectivity index (χ0v) is 11.6. The highest BCUT2D eigenvalue weighted by molar-refractivity contribution is 7.87. The van der Waals surface area contributed by atoms with Gasteiger partial charge in [0.15, 0.2) is 5.84 Å². The number of amidine groups is 1. The number of piperidine rings is 1. The molecule has 1 saturated heterocycles. The monoisotopic (exact) mass is 291 g/mol. The molecule has 0 aromatic carbocycles. The standard InChI is InChI=1S/C10H21N5O3S/c11-10(12-16)7-15-5-3-9(4-6-15)14-19(17,18)13-8-1-2-8/h8-9,13-14,16H,1-7H2,(H2,11,12). The van der Waals surface area contributed by atoms with E-state index in [4.69, 9.17) is 10.9 Å². The molecule has 0 spiro atoms. The summed E-state index contributed by atoms with van der Waals surface area (Å²) in [5.41, 5.74) is 5.44. The Labute approximate surface area is 113 Å². The molecule has 0 amide bonds. The van der Waals surface area contributed by atoms with Crippen LogP contribution in [-0.4, -0.2) is 56.1 Å². The second-order valence-corrected chi connectivity index (χ2v) is 6.63. The fraction of sp³-hybridized carbons (Fsp3) is 0.900. The molecule has 2 fully saturated rings. The zero-order valence-electron chi connectivity index (χ0n) is 10.7. The molecule has 1 aliphatic carbocycles. The quantitative estimate of drug-likeness (QED) is 0.212. The highest BCUT2D eigenvalue weighted by Crippen LogP contribution is 2.19. The number of hydrogen-bond acceptors (Lipinski definition) is 5. The largest absolute Gasteiger partial charge is 0.409 e. The molecule has 0 aromatic rings. The van der Waals surface area contributed by atoms with Crippen LogP contribution in [0.3, 0.4) is 0 Å². The van der Waals surface area contributed by atoms with Gasteiger partial charge < -0.3 is 10.9 Å². The van der Waals surface area contributed by atoms with Crippen LogP contribution in [0.25, 0.3) is 0 Å². The number of nitrogens with one attached hydrogen (secondary N) is 2. The molecule has 8 nitrogen and oxygen atoms in total. The molecule has 19 heavy (non-hydrogen) atoms. The van der Waals surface area contributed by atoms with Crippen LogP contribution in [-0.2, 0) is 10.2 Å². The highest BCUT2D eigenvalue weighted by atomic mass is 32.2. The van der Waals surface area contributed by atoms with Crippen molar-refractivity contribution in [3.05, 3.63) is 0 Å². The molecule has 110 valence electrons. The molecular weight excluding hydrogens is 270 g/mol. The lowest BCUT2D eigenvalue weighted by molar-refractivity contribution is 0.228. The Hall–Kier alpha value is -0.900. The molecule has 0 bridgehead atoms. The molecule has 2 rings (SSSR count). The SMILES string of the molecule is NC(CN1CCC(NS(=O)(=O)NC2CC2)CC1)=NO. The summed E-state index contributed by atoms with van der Waals surface area (Å²) in [5.74, 6) is 0.175. The number of rotatable bonds is 6. The van der Waals surface area contributed by atoms with E-state index in [1.165, 1.54) is 0 Å². The van der Waals surface area contributed by atoms with Crippen LogP contribution in [0.5, 0.6) is 0 Å². The van der Waals surface area contributed by atoms with Gasteiger partial charge in [0, 0.05) is 25.2 Å². The molecule has 9 heteroatoms. The molecule has 0 unspecified atom stereocenters. The summed E-state index contributed by atoms with van der Waals surface area (Å²) in [6.07, 6.45) is 3.31. The maximum absolute atomic E-state index is 11.7. The van der Waals surface area contributed by atoms with Crippen LogP contribution in [0, 0.1) is 0 Å². The first kappa shape index (κ1) is 14.5. The lowest BCUT2D eigenvalue weighted by Crippen LogP contribution is -2.49. The predicted molar refractivity (Wildman–Crippen MR) is 71.1 cm³/mol. The van der Waals surface area contributed by atoms with Gasteiger partial charge in [0.05, 0.1) is 6.54 Å². The normalized spacial score (nSPS) is 23.7. The third kappa shape index (κ3) is 4.94. The van der Waals surface area contributed by atoms with Gasteiger partial charge in [-0.15, -0.1) is 0 Å². The molecule has 5 N–H and O–H groups in total. The maximum Gasteiger partial charge on any atom is 0.277 e. The minimum absolute atomic E-state index is 0.0419. The van der Waals surface area contributed by atoms with E-state index >= 15 is 0 Å². The van der Waals surface area contributed by atoms with Crippen molar-refractivity contribution in [2.24, 2.45) is 10.9 Å². The molecular formula is C10H21N5O3S. The summed E-state index contributed by atoms with van der Waals surface area (Å²) in [6.45, 7) is 1.87. The summed E-state index contributed by atoms with van der Waals surface area (Å²) in [4.78, 5) is 2.04. The van der Waals surface area contributed by atoms with E-state index in [9.17, 15) is 8.42 Å². The van der Waals surface area contributed by atoms with Crippen molar-refractivity contribution < 1.29 is 13.6 Å². The van der Waals surface area contributed by atoms with E-state index in [-0.39, 0.29) is 17.9 Å². The van der Waals surface area contributed by atoms with Gasteiger partial charge in [0.25, 0.3) is 10.2 Å². The van der Waals surface area contributed by atoms with E-state index in [1.54, 1.807) is 0 Å². The minimum Gasteiger partial charge on any atom is -0.409 e. The second-order valence-electron chi connectivity index (χ2n) is 5.16. The van der Waals surface area contributed by atoms with Gasteiger partial charge in [-0.05, 0) is 25.7 Å². The van der Waals surface area contributed by atoms with E-state index in [1.807, 2.05) is 4.90 Å². The van der Waals surface area contributed by atoms with Crippen LogP contribution in [0.2, 0.25) is 0 Å². The number of oxime groups is 1. The molecule has 0 aromatic heterocycles. The average Bonchev–Trinajstić information content (AvgIpc) is 3.14. The Morgan fingerprint density at radius 1 is 1.21 bits per heavy atom. The summed E-state index contributed by atoms with van der Waals surface area (Å²) >= 11 is 0. The van der Waals surface area contributed by atoms with Crippen LogP contribution in [0.4, 0.5) is 0 Å². The van der Waals surface area contributed by atoms with Crippen molar-refractivity contribution in [1.29, 1.82) is 0 Å². The van der Waals surface area contributed by atoms with Gasteiger partial charge in [-0.2, -0.15) is 17.9 Å². The van der Waals surface area contributed by atoms with Crippen molar-refractivity contribution in [2.45, 2.75) is 37.8 Å². The van der Waals surface area contributed by atoms with Gasteiger partial charge in [-0.25, -0.2) is 0 Å². The van der Waals surface area contributed by atoms with Gasteiger partial charge in [0.1, 0.15) is 0 Å². The molecule has 0 radical (unpaired) electrons. The fourth-order valence-corrected chi connectivity index (χ4v) is 3.56. The van der Waals surface area contributed by atoms with Gasteiger partial charge in [0.2, 0.25) is 0 Å². The Bertz CT molecular complexity index is 426. The topological polar surface area (TPSA) is 120 Å². The van der Waals surface area contributed by atoms with Crippen LogP contribution in [0.1, 0.15) is 25.7 Å². The fourth-order valence-electron chi connectivity index (χ4n) is 2.14. The Balaban J connectivity index is 1.73.